The summed E-state index contributed by atoms with van der Waals surface area (Å²) in [5.41, 5.74) is 0. The summed E-state index contributed by atoms with van der Waals surface area (Å²) >= 11 is 0. The second-order valence-electron chi connectivity index (χ2n) is 6.26. The second-order valence-corrected chi connectivity index (χ2v) is 6.26. The van der Waals surface area contributed by atoms with Crippen LogP contribution in [0.15, 0.2) is 0 Å². The average Bonchev–Trinajstić information content (AvgIpc) is 2.60. The number of nitrogens with one attached hydrogen (secondary N) is 1. The van der Waals surface area contributed by atoms with Crippen molar-refractivity contribution < 1.29 is 54.8 Å². The third-order valence-electron chi connectivity index (χ3n) is 4.38. The van der Waals surface area contributed by atoms with Crippen molar-refractivity contribution in [1.29, 1.82) is 0 Å². The highest BCUT2D eigenvalue weighted by atomic mass is 16.7. The molecule has 0 radical (unpaired) electrons. The van der Waals surface area contributed by atoms with Crippen molar-refractivity contribution in [3.05, 3.63) is 0 Å². The van der Waals surface area contributed by atoms with Gasteiger partial charge in [-0.1, -0.05) is 0 Å². The minimum Gasteiger partial charge on any atom is -0.394 e. The Labute approximate surface area is 148 Å². The fourth-order valence-corrected chi connectivity index (χ4v) is 2.98. The maximum atomic E-state index is 11.2. The standard InChI is InChI=1S/C14H25NO11/c1-4(18)15-7-9(20)12(6(3-17)24-13(7)23)26-14-11(22)10(21)8(19)5(2-16)25-14/h5-14,16-17,19-23H,2-3H2,1H3,(H,15,18)/t5?,6?,7-,8-,9+,10-,11-,12+,13+,14-/m0/s1. The Morgan fingerprint density at radius 2 is 1.54 bits per heavy atom. The van der Waals surface area contributed by atoms with E-state index < -0.39 is 80.5 Å². The van der Waals surface area contributed by atoms with Gasteiger partial charge in [0.15, 0.2) is 12.6 Å². The molecule has 2 heterocycles. The van der Waals surface area contributed by atoms with Gasteiger partial charge in [-0.2, -0.15) is 0 Å². The first-order chi connectivity index (χ1) is 12.2. The summed E-state index contributed by atoms with van der Waals surface area (Å²) in [5, 5.41) is 70.7. The highest BCUT2D eigenvalue weighted by Crippen LogP contribution is 2.28. The number of rotatable bonds is 5. The molecule has 2 rings (SSSR count). The molecule has 2 saturated heterocycles. The number of amides is 1. The molecular weight excluding hydrogens is 358 g/mol. The van der Waals surface area contributed by atoms with E-state index in [0.29, 0.717) is 0 Å². The van der Waals surface area contributed by atoms with Gasteiger partial charge in [-0.25, -0.2) is 0 Å². The van der Waals surface area contributed by atoms with E-state index in [1.54, 1.807) is 0 Å². The summed E-state index contributed by atoms with van der Waals surface area (Å²) in [5.74, 6) is -0.564. The summed E-state index contributed by atoms with van der Waals surface area (Å²) in [6, 6.07) is -1.29. The topological polar surface area (TPSA) is 198 Å². The summed E-state index contributed by atoms with van der Waals surface area (Å²) in [6.07, 6.45) is -13.6. The summed E-state index contributed by atoms with van der Waals surface area (Å²) in [6.45, 7) is -0.195. The lowest BCUT2D eigenvalue weighted by atomic mass is 9.95. The van der Waals surface area contributed by atoms with Crippen molar-refractivity contribution in [3.8, 4) is 0 Å². The third-order valence-corrected chi connectivity index (χ3v) is 4.38. The van der Waals surface area contributed by atoms with E-state index in [-0.39, 0.29) is 0 Å². The van der Waals surface area contributed by atoms with Crippen LogP contribution < -0.4 is 5.32 Å². The molecule has 0 spiro atoms. The minimum atomic E-state index is -1.73. The van der Waals surface area contributed by atoms with Crippen LogP contribution in [0.3, 0.4) is 0 Å². The van der Waals surface area contributed by atoms with E-state index >= 15 is 0 Å². The van der Waals surface area contributed by atoms with Gasteiger partial charge < -0.3 is 55.3 Å². The number of hydrogen-bond acceptors (Lipinski definition) is 11. The van der Waals surface area contributed by atoms with Gasteiger partial charge in [-0.15, -0.1) is 0 Å². The number of ether oxygens (including phenoxy) is 3. The van der Waals surface area contributed by atoms with Crippen LogP contribution in [0.2, 0.25) is 0 Å². The molecule has 0 saturated carbocycles. The number of aliphatic hydroxyl groups excluding tert-OH is 7. The van der Waals surface area contributed by atoms with Crippen LogP contribution in [0.4, 0.5) is 0 Å². The monoisotopic (exact) mass is 383 g/mol. The minimum absolute atomic E-state index is 0.564. The predicted octanol–water partition coefficient (Wildman–Crippen LogP) is -5.25. The molecule has 152 valence electrons. The van der Waals surface area contributed by atoms with Crippen molar-refractivity contribution in [1.82, 2.24) is 5.32 Å². The van der Waals surface area contributed by atoms with Gasteiger partial charge in [-0.3, -0.25) is 4.79 Å². The van der Waals surface area contributed by atoms with Crippen molar-refractivity contribution in [2.75, 3.05) is 13.2 Å². The van der Waals surface area contributed by atoms with Crippen LogP contribution in [0.25, 0.3) is 0 Å². The molecule has 10 atom stereocenters. The van der Waals surface area contributed by atoms with Gasteiger partial charge in [0.05, 0.1) is 13.2 Å². The molecule has 1 amide bonds. The highest BCUT2D eigenvalue weighted by Gasteiger charge is 2.50. The summed E-state index contributed by atoms with van der Waals surface area (Å²) < 4.78 is 15.7. The lowest BCUT2D eigenvalue weighted by Crippen LogP contribution is -2.67. The molecule has 0 aromatic rings. The Morgan fingerprint density at radius 1 is 0.923 bits per heavy atom. The maximum Gasteiger partial charge on any atom is 0.217 e. The maximum absolute atomic E-state index is 11.2. The van der Waals surface area contributed by atoms with E-state index in [0.717, 1.165) is 6.92 Å². The van der Waals surface area contributed by atoms with Crippen LogP contribution in [0, 0.1) is 0 Å². The zero-order chi connectivity index (χ0) is 19.6. The summed E-state index contributed by atoms with van der Waals surface area (Å²) in [7, 11) is 0. The van der Waals surface area contributed by atoms with Gasteiger partial charge in [0.1, 0.15) is 48.8 Å². The van der Waals surface area contributed by atoms with Crippen molar-refractivity contribution in [2.45, 2.75) is 68.3 Å². The van der Waals surface area contributed by atoms with Crippen molar-refractivity contribution in [2.24, 2.45) is 0 Å². The van der Waals surface area contributed by atoms with Crippen LogP contribution >= 0.6 is 0 Å². The van der Waals surface area contributed by atoms with Gasteiger partial charge in [0, 0.05) is 6.92 Å². The van der Waals surface area contributed by atoms with E-state index in [9.17, 15) is 40.5 Å². The third kappa shape index (κ3) is 4.31. The van der Waals surface area contributed by atoms with Gasteiger partial charge in [0.2, 0.25) is 5.91 Å². The highest BCUT2D eigenvalue weighted by molar-refractivity contribution is 5.73. The van der Waals surface area contributed by atoms with E-state index in [1.165, 1.54) is 0 Å². The molecule has 2 unspecified atom stereocenters. The molecule has 2 aliphatic heterocycles. The SMILES string of the molecule is CC(=O)N[C@H]1[C@@H](O)[C@H](O[C@@H]2OC(CO)[C@H](O)[C@H](O)[C@@H]2O)C(CO)O[C@H]1O. The van der Waals surface area contributed by atoms with Gasteiger partial charge in [-0.05, 0) is 0 Å². The number of carbonyl (C=O) groups excluding carboxylic acids is 1. The molecule has 12 heteroatoms. The first-order valence-corrected chi connectivity index (χ1v) is 8.06. The van der Waals surface area contributed by atoms with Crippen molar-refractivity contribution in [3.63, 3.8) is 0 Å². The Kier molecular flexibility index (Phi) is 7.27. The number of aliphatic hydroxyl groups is 7. The van der Waals surface area contributed by atoms with Crippen LogP contribution in [0.1, 0.15) is 6.92 Å². The molecule has 0 aliphatic carbocycles. The molecule has 2 fully saturated rings. The van der Waals surface area contributed by atoms with Crippen LogP contribution in [-0.2, 0) is 19.0 Å². The quantitative estimate of drug-likeness (QED) is 0.226. The first kappa shape index (κ1) is 21.4. The molecule has 2 aliphatic rings. The lowest BCUT2D eigenvalue weighted by molar-refractivity contribution is -0.345. The Bertz CT molecular complexity index is 478. The molecule has 12 nitrogen and oxygen atoms in total. The van der Waals surface area contributed by atoms with Crippen LogP contribution in [0.5, 0.6) is 0 Å². The Balaban J connectivity index is 2.16. The van der Waals surface area contributed by atoms with Crippen molar-refractivity contribution >= 4 is 5.91 Å². The Hall–Kier alpha value is -0.930. The zero-order valence-electron chi connectivity index (χ0n) is 14.0. The van der Waals surface area contributed by atoms with Gasteiger partial charge >= 0.3 is 0 Å². The fourth-order valence-electron chi connectivity index (χ4n) is 2.98. The van der Waals surface area contributed by atoms with E-state index in [1.807, 2.05) is 0 Å². The number of hydrogen-bond donors (Lipinski definition) is 8. The fraction of sp³-hybridized carbons (Fsp3) is 0.929. The first-order valence-electron chi connectivity index (χ1n) is 8.06. The lowest BCUT2D eigenvalue weighted by Gasteiger charge is -2.46. The normalized spacial score (nSPS) is 46.8. The predicted molar refractivity (Wildman–Crippen MR) is 80.2 cm³/mol. The smallest absolute Gasteiger partial charge is 0.217 e. The molecule has 8 N–H and O–H groups in total. The van der Waals surface area contributed by atoms with E-state index in [2.05, 4.69) is 5.32 Å². The Morgan fingerprint density at radius 3 is 2.08 bits per heavy atom. The largest absolute Gasteiger partial charge is 0.394 e. The molecule has 0 aromatic carbocycles. The number of carbonyl (C=O) groups is 1. The molecular formula is C14H25NO11. The molecule has 0 aromatic heterocycles. The van der Waals surface area contributed by atoms with Crippen LogP contribution in [-0.4, -0.2) is 116 Å². The summed E-state index contributed by atoms with van der Waals surface area (Å²) in [4.78, 5) is 11.2. The molecule has 0 bridgehead atoms. The molecule has 26 heavy (non-hydrogen) atoms. The van der Waals surface area contributed by atoms with Gasteiger partial charge in [0.25, 0.3) is 0 Å². The zero-order valence-corrected chi connectivity index (χ0v) is 14.0. The average molecular weight is 383 g/mol. The second kappa shape index (κ2) is 8.84. The van der Waals surface area contributed by atoms with E-state index in [4.69, 9.17) is 14.2 Å².